The Morgan fingerprint density at radius 2 is 1.94 bits per heavy atom. The van der Waals surface area contributed by atoms with E-state index >= 15 is 0 Å². The summed E-state index contributed by atoms with van der Waals surface area (Å²) in [6.45, 7) is 1.95. The molecule has 2 atom stereocenters. The second-order valence-corrected chi connectivity index (χ2v) is 4.50. The molecule has 0 N–H and O–H groups in total. The third-order valence-electron chi connectivity index (χ3n) is 3.37. The van der Waals surface area contributed by atoms with Gasteiger partial charge in [0, 0.05) is 5.56 Å². The van der Waals surface area contributed by atoms with Crippen LogP contribution >= 0.6 is 0 Å². The summed E-state index contributed by atoms with van der Waals surface area (Å²) >= 11 is 0. The maximum Gasteiger partial charge on any atom is 0.375 e. The highest BCUT2D eigenvalue weighted by molar-refractivity contribution is 6.39. The predicted molar refractivity (Wildman–Crippen MR) is 64.3 cm³/mol. The maximum absolute atomic E-state index is 12.2. The smallest absolute Gasteiger partial charge is 0.375 e. The first-order chi connectivity index (χ1) is 8.56. The number of carbonyl (C=O) groups is 3. The maximum atomic E-state index is 12.2. The number of hydrogen-bond acceptors (Lipinski definition) is 4. The number of ether oxygens (including phenoxy) is 1. The van der Waals surface area contributed by atoms with Crippen LogP contribution in [0.25, 0.3) is 0 Å². The van der Waals surface area contributed by atoms with Crippen LogP contribution in [0.2, 0.25) is 0 Å². The lowest BCUT2D eigenvalue weighted by molar-refractivity contribution is -0.153. The van der Waals surface area contributed by atoms with Crippen molar-refractivity contribution in [1.29, 1.82) is 0 Å². The van der Waals surface area contributed by atoms with E-state index in [0.717, 1.165) is 12.7 Å². The lowest BCUT2D eigenvalue weighted by Crippen LogP contribution is -2.35. The van der Waals surface area contributed by atoms with Crippen LogP contribution < -0.4 is 0 Å². The summed E-state index contributed by atoms with van der Waals surface area (Å²) in [6, 6.07) is 7.21. The number of fused-ring (bicyclic) bond motifs is 1. The van der Waals surface area contributed by atoms with Gasteiger partial charge in [0.05, 0.1) is 13.0 Å². The van der Waals surface area contributed by atoms with Gasteiger partial charge in [-0.2, -0.15) is 0 Å². The van der Waals surface area contributed by atoms with Gasteiger partial charge in [0.1, 0.15) is 0 Å². The molecule has 1 aliphatic carbocycles. The van der Waals surface area contributed by atoms with Crippen molar-refractivity contribution in [2.75, 3.05) is 7.11 Å². The quantitative estimate of drug-likeness (QED) is 0.453. The van der Waals surface area contributed by atoms with Crippen LogP contribution in [0.5, 0.6) is 0 Å². The molecule has 0 spiro atoms. The van der Waals surface area contributed by atoms with Gasteiger partial charge in [-0.3, -0.25) is 9.59 Å². The first kappa shape index (κ1) is 12.5. The van der Waals surface area contributed by atoms with Crippen LogP contribution in [-0.4, -0.2) is 24.6 Å². The number of methoxy groups -OCH3 is 1. The summed E-state index contributed by atoms with van der Waals surface area (Å²) in [5.74, 6) is -2.79. The van der Waals surface area contributed by atoms with E-state index in [1.807, 2.05) is 19.1 Å². The molecule has 0 heterocycles. The molecule has 4 heteroatoms. The van der Waals surface area contributed by atoms with Gasteiger partial charge in [-0.1, -0.05) is 31.2 Å². The summed E-state index contributed by atoms with van der Waals surface area (Å²) in [7, 11) is 1.14. The van der Waals surface area contributed by atoms with Gasteiger partial charge in [-0.05, 0) is 17.9 Å². The molecular formula is C14H14O4. The fraction of sp³-hybridized carbons (Fsp3) is 0.357. The monoisotopic (exact) mass is 246 g/mol. The Bertz CT molecular complexity index is 518. The summed E-state index contributed by atoms with van der Waals surface area (Å²) in [5, 5.41) is 0. The lowest BCUT2D eigenvalue weighted by Gasteiger charge is -2.26. The molecule has 0 bridgehead atoms. The minimum absolute atomic E-state index is 0.0810. The van der Waals surface area contributed by atoms with Gasteiger partial charge < -0.3 is 4.74 Å². The Labute approximate surface area is 105 Å². The Balaban J connectivity index is 2.37. The summed E-state index contributed by atoms with van der Waals surface area (Å²) in [5.41, 5.74) is 1.48. The number of rotatable bonds is 2. The van der Waals surface area contributed by atoms with E-state index in [-0.39, 0.29) is 11.7 Å². The topological polar surface area (TPSA) is 60.4 Å². The van der Waals surface area contributed by atoms with E-state index in [2.05, 4.69) is 4.74 Å². The summed E-state index contributed by atoms with van der Waals surface area (Å²) in [4.78, 5) is 35.2. The standard InChI is InChI=1S/C14H14O4/c1-8-7-11(13(16)14(17)18-2)12(15)10-6-4-3-5-9(8)10/h3-6,8,11H,7H2,1-2H3. The first-order valence-electron chi connectivity index (χ1n) is 5.81. The van der Waals surface area contributed by atoms with E-state index in [1.54, 1.807) is 12.1 Å². The van der Waals surface area contributed by atoms with Crippen LogP contribution in [0, 0.1) is 5.92 Å². The normalized spacial score (nSPS) is 22.2. The van der Waals surface area contributed by atoms with Crippen molar-refractivity contribution in [1.82, 2.24) is 0 Å². The average Bonchev–Trinajstić information content (AvgIpc) is 2.41. The average molecular weight is 246 g/mol. The molecule has 0 aliphatic heterocycles. The molecule has 0 amide bonds. The Morgan fingerprint density at radius 1 is 1.28 bits per heavy atom. The van der Waals surface area contributed by atoms with Gasteiger partial charge >= 0.3 is 5.97 Å². The predicted octanol–water partition coefficient (Wildman–Crippen LogP) is 1.73. The molecule has 0 saturated carbocycles. The van der Waals surface area contributed by atoms with Crippen LogP contribution in [0.3, 0.4) is 0 Å². The fourth-order valence-corrected chi connectivity index (χ4v) is 2.40. The van der Waals surface area contributed by atoms with Crippen molar-refractivity contribution in [3.63, 3.8) is 0 Å². The largest absolute Gasteiger partial charge is 0.463 e. The number of Topliss-reactive ketones (excluding diaryl/α,β-unsaturated/α-hetero) is 2. The zero-order chi connectivity index (χ0) is 13.3. The van der Waals surface area contributed by atoms with Gasteiger partial charge in [0.15, 0.2) is 5.78 Å². The molecule has 0 fully saturated rings. The van der Waals surface area contributed by atoms with Crippen molar-refractivity contribution >= 4 is 17.5 Å². The number of carbonyl (C=O) groups excluding carboxylic acids is 3. The molecule has 94 valence electrons. The second-order valence-electron chi connectivity index (χ2n) is 4.50. The van der Waals surface area contributed by atoms with Crippen LogP contribution in [0.4, 0.5) is 0 Å². The molecule has 0 radical (unpaired) electrons. The van der Waals surface area contributed by atoms with Gasteiger partial charge in [0.2, 0.25) is 0 Å². The molecule has 0 aromatic heterocycles. The SMILES string of the molecule is COC(=O)C(=O)C1CC(C)c2ccccc2C1=O. The summed E-state index contributed by atoms with van der Waals surface area (Å²) < 4.78 is 4.40. The van der Waals surface area contributed by atoms with Crippen molar-refractivity contribution in [3.8, 4) is 0 Å². The van der Waals surface area contributed by atoms with E-state index in [9.17, 15) is 14.4 Å². The Kier molecular flexibility index (Phi) is 3.28. The molecule has 18 heavy (non-hydrogen) atoms. The molecule has 2 unspecified atom stereocenters. The molecule has 0 saturated heterocycles. The third-order valence-corrected chi connectivity index (χ3v) is 3.37. The highest BCUT2D eigenvalue weighted by Gasteiger charge is 2.39. The fourth-order valence-electron chi connectivity index (χ4n) is 2.40. The number of esters is 1. The Morgan fingerprint density at radius 3 is 2.61 bits per heavy atom. The molecule has 4 nitrogen and oxygen atoms in total. The van der Waals surface area contributed by atoms with Gasteiger partial charge in [-0.15, -0.1) is 0 Å². The van der Waals surface area contributed by atoms with Crippen molar-refractivity contribution in [3.05, 3.63) is 35.4 Å². The highest BCUT2D eigenvalue weighted by Crippen LogP contribution is 2.34. The lowest BCUT2D eigenvalue weighted by atomic mass is 9.75. The molecular weight excluding hydrogens is 232 g/mol. The van der Waals surface area contributed by atoms with Crippen LogP contribution in [0.1, 0.15) is 35.2 Å². The molecule has 1 aromatic rings. The van der Waals surface area contributed by atoms with E-state index < -0.39 is 17.7 Å². The number of benzene rings is 1. The van der Waals surface area contributed by atoms with Crippen molar-refractivity contribution < 1.29 is 19.1 Å². The van der Waals surface area contributed by atoms with Crippen LogP contribution in [-0.2, 0) is 14.3 Å². The van der Waals surface area contributed by atoms with E-state index in [4.69, 9.17) is 0 Å². The second kappa shape index (κ2) is 4.72. The number of ketones is 2. The van der Waals surface area contributed by atoms with Gasteiger partial charge in [0.25, 0.3) is 5.78 Å². The van der Waals surface area contributed by atoms with E-state index in [1.165, 1.54) is 0 Å². The first-order valence-corrected chi connectivity index (χ1v) is 5.81. The van der Waals surface area contributed by atoms with E-state index in [0.29, 0.717) is 12.0 Å². The van der Waals surface area contributed by atoms with Gasteiger partial charge in [-0.25, -0.2) is 4.79 Å². The van der Waals surface area contributed by atoms with Crippen molar-refractivity contribution in [2.45, 2.75) is 19.3 Å². The zero-order valence-corrected chi connectivity index (χ0v) is 10.3. The van der Waals surface area contributed by atoms with Crippen molar-refractivity contribution in [2.24, 2.45) is 5.92 Å². The molecule has 1 aliphatic rings. The van der Waals surface area contributed by atoms with Crippen LogP contribution in [0.15, 0.2) is 24.3 Å². The third kappa shape index (κ3) is 1.94. The summed E-state index contributed by atoms with van der Waals surface area (Å²) in [6.07, 6.45) is 0.365. The highest BCUT2D eigenvalue weighted by atomic mass is 16.5. The molecule has 1 aromatic carbocycles. The zero-order valence-electron chi connectivity index (χ0n) is 10.3. The number of hydrogen-bond donors (Lipinski definition) is 0. The minimum atomic E-state index is -0.945. The minimum Gasteiger partial charge on any atom is -0.463 e. The molecule has 2 rings (SSSR count). The Hall–Kier alpha value is -1.97.